The van der Waals surface area contributed by atoms with Gasteiger partial charge in [0, 0.05) is 38.3 Å². The molecule has 0 radical (unpaired) electrons. The molecule has 88 valence electrons. The van der Waals surface area contributed by atoms with Crippen LogP contribution in [0.5, 0.6) is 0 Å². The van der Waals surface area contributed by atoms with Crippen molar-refractivity contribution in [3.05, 3.63) is 0 Å². The van der Waals surface area contributed by atoms with Crippen LogP contribution < -0.4 is 5.32 Å². The first kappa shape index (κ1) is 11.4. The highest BCUT2D eigenvalue weighted by molar-refractivity contribution is 4.91. The third-order valence-electron chi connectivity index (χ3n) is 3.51. The summed E-state index contributed by atoms with van der Waals surface area (Å²) in [5.41, 5.74) is 0.376. The van der Waals surface area contributed by atoms with Crippen molar-refractivity contribution in [1.29, 1.82) is 0 Å². The summed E-state index contributed by atoms with van der Waals surface area (Å²) >= 11 is 0. The van der Waals surface area contributed by atoms with Crippen LogP contribution in [0.4, 0.5) is 0 Å². The third kappa shape index (κ3) is 2.92. The van der Waals surface area contributed by atoms with Gasteiger partial charge in [0.2, 0.25) is 0 Å². The normalized spacial score (nSPS) is 37.0. The van der Waals surface area contributed by atoms with Crippen LogP contribution in [0.3, 0.4) is 0 Å². The molecule has 0 spiro atoms. The van der Waals surface area contributed by atoms with Crippen molar-refractivity contribution in [2.75, 3.05) is 32.8 Å². The summed E-state index contributed by atoms with van der Waals surface area (Å²) in [7, 11) is 0. The average molecular weight is 212 g/mol. The number of hydrogen-bond donors (Lipinski definition) is 1. The zero-order valence-electron chi connectivity index (χ0n) is 10.3. The van der Waals surface area contributed by atoms with Crippen LogP contribution in [0.2, 0.25) is 0 Å². The maximum atomic E-state index is 5.85. The van der Waals surface area contributed by atoms with Crippen molar-refractivity contribution >= 4 is 0 Å². The van der Waals surface area contributed by atoms with Crippen LogP contribution in [0.25, 0.3) is 0 Å². The molecule has 2 saturated heterocycles. The van der Waals surface area contributed by atoms with Gasteiger partial charge in [0.1, 0.15) is 0 Å². The van der Waals surface area contributed by atoms with Gasteiger partial charge in [0.15, 0.2) is 0 Å². The van der Waals surface area contributed by atoms with E-state index in [1.807, 2.05) is 0 Å². The van der Waals surface area contributed by atoms with E-state index in [1.54, 1.807) is 0 Å². The highest BCUT2D eigenvalue weighted by Crippen LogP contribution is 2.26. The molecule has 0 aliphatic carbocycles. The number of hydrogen-bond acceptors (Lipinski definition) is 3. The Labute approximate surface area is 93.2 Å². The molecule has 2 fully saturated rings. The maximum absolute atomic E-state index is 5.85. The molecule has 0 saturated carbocycles. The van der Waals surface area contributed by atoms with Crippen molar-refractivity contribution in [2.24, 2.45) is 0 Å². The van der Waals surface area contributed by atoms with E-state index in [2.05, 4.69) is 31.0 Å². The summed E-state index contributed by atoms with van der Waals surface area (Å²) < 4.78 is 5.85. The summed E-state index contributed by atoms with van der Waals surface area (Å²) in [5, 5.41) is 3.54. The topological polar surface area (TPSA) is 24.5 Å². The SMILES string of the molecule is CC1(C)CN(CC2(C)CCCO2)CCN1. The van der Waals surface area contributed by atoms with Crippen LogP contribution in [-0.4, -0.2) is 48.8 Å². The zero-order valence-corrected chi connectivity index (χ0v) is 10.3. The van der Waals surface area contributed by atoms with E-state index >= 15 is 0 Å². The lowest BCUT2D eigenvalue weighted by Crippen LogP contribution is -2.59. The lowest BCUT2D eigenvalue weighted by atomic mass is 9.98. The average Bonchev–Trinajstić information content (AvgIpc) is 2.49. The van der Waals surface area contributed by atoms with Gasteiger partial charge < -0.3 is 10.1 Å². The predicted octanol–water partition coefficient (Wildman–Crippen LogP) is 1.24. The van der Waals surface area contributed by atoms with E-state index < -0.39 is 0 Å². The van der Waals surface area contributed by atoms with Crippen molar-refractivity contribution in [3.63, 3.8) is 0 Å². The molecule has 0 bridgehead atoms. The Morgan fingerprint density at radius 3 is 2.73 bits per heavy atom. The molecule has 0 aromatic heterocycles. The Morgan fingerprint density at radius 2 is 2.13 bits per heavy atom. The minimum Gasteiger partial charge on any atom is -0.374 e. The van der Waals surface area contributed by atoms with Gasteiger partial charge in [0.05, 0.1) is 5.60 Å². The Kier molecular flexibility index (Phi) is 3.06. The van der Waals surface area contributed by atoms with Gasteiger partial charge in [-0.05, 0) is 33.6 Å². The van der Waals surface area contributed by atoms with E-state index in [4.69, 9.17) is 4.74 Å². The molecule has 0 aromatic carbocycles. The summed E-state index contributed by atoms with van der Waals surface area (Å²) in [6.07, 6.45) is 2.45. The minimum absolute atomic E-state index is 0.118. The highest BCUT2D eigenvalue weighted by Gasteiger charge is 2.34. The fourth-order valence-corrected chi connectivity index (χ4v) is 2.82. The molecule has 2 rings (SSSR count). The second-order valence-electron chi connectivity index (χ2n) is 5.92. The lowest BCUT2D eigenvalue weighted by molar-refractivity contribution is -0.0189. The minimum atomic E-state index is 0.118. The fourth-order valence-electron chi connectivity index (χ4n) is 2.82. The number of nitrogens with one attached hydrogen (secondary N) is 1. The molecule has 2 heterocycles. The highest BCUT2D eigenvalue weighted by atomic mass is 16.5. The van der Waals surface area contributed by atoms with Gasteiger partial charge in [-0.15, -0.1) is 0 Å². The van der Waals surface area contributed by atoms with E-state index in [0.29, 0.717) is 0 Å². The molecular weight excluding hydrogens is 188 g/mol. The monoisotopic (exact) mass is 212 g/mol. The van der Waals surface area contributed by atoms with Crippen LogP contribution >= 0.6 is 0 Å². The van der Waals surface area contributed by atoms with E-state index in [0.717, 1.165) is 32.8 Å². The summed E-state index contributed by atoms with van der Waals surface area (Å²) in [6, 6.07) is 0. The van der Waals surface area contributed by atoms with Crippen LogP contribution in [0.15, 0.2) is 0 Å². The van der Waals surface area contributed by atoms with Crippen LogP contribution in [0.1, 0.15) is 33.6 Å². The second kappa shape index (κ2) is 4.04. The first-order chi connectivity index (χ1) is 6.99. The standard InChI is InChI=1S/C12H24N2O/c1-11(2)9-14(7-6-13-11)10-12(3)5-4-8-15-12/h13H,4-10H2,1-3H3. The third-order valence-corrected chi connectivity index (χ3v) is 3.51. The zero-order chi connectivity index (χ0) is 10.9. The Hall–Kier alpha value is -0.120. The summed E-state index contributed by atoms with van der Waals surface area (Å²) in [6.45, 7) is 12.2. The van der Waals surface area contributed by atoms with E-state index in [1.165, 1.54) is 12.8 Å². The van der Waals surface area contributed by atoms with Crippen molar-refractivity contribution in [2.45, 2.75) is 44.8 Å². The van der Waals surface area contributed by atoms with Crippen molar-refractivity contribution in [1.82, 2.24) is 10.2 Å². The number of ether oxygens (including phenoxy) is 1. The number of rotatable bonds is 2. The van der Waals surface area contributed by atoms with Crippen molar-refractivity contribution < 1.29 is 4.74 Å². The molecule has 1 N–H and O–H groups in total. The van der Waals surface area contributed by atoms with Gasteiger partial charge in [-0.25, -0.2) is 0 Å². The van der Waals surface area contributed by atoms with E-state index in [9.17, 15) is 0 Å². The molecule has 3 nitrogen and oxygen atoms in total. The van der Waals surface area contributed by atoms with Gasteiger partial charge in [0.25, 0.3) is 0 Å². The second-order valence-corrected chi connectivity index (χ2v) is 5.92. The number of nitrogens with zero attached hydrogens (tertiary/aromatic N) is 1. The molecule has 3 heteroatoms. The lowest BCUT2D eigenvalue weighted by Gasteiger charge is -2.42. The van der Waals surface area contributed by atoms with Gasteiger partial charge in [-0.1, -0.05) is 0 Å². The summed E-state index contributed by atoms with van der Waals surface area (Å²) in [5.74, 6) is 0. The first-order valence-corrected chi connectivity index (χ1v) is 6.11. The Balaban J connectivity index is 1.88. The molecule has 0 amide bonds. The molecule has 2 aliphatic rings. The fraction of sp³-hybridized carbons (Fsp3) is 1.00. The quantitative estimate of drug-likeness (QED) is 0.745. The maximum Gasteiger partial charge on any atom is 0.0781 e. The summed E-state index contributed by atoms with van der Waals surface area (Å²) in [4.78, 5) is 2.54. The molecule has 0 aromatic rings. The smallest absolute Gasteiger partial charge is 0.0781 e. The van der Waals surface area contributed by atoms with Gasteiger partial charge in [-0.2, -0.15) is 0 Å². The molecule has 2 aliphatic heterocycles. The number of piperazine rings is 1. The molecule has 1 unspecified atom stereocenters. The Morgan fingerprint density at radius 1 is 1.33 bits per heavy atom. The molecular formula is C12H24N2O. The van der Waals surface area contributed by atoms with Crippen LogP contribution in [0, 0.1) is 0 Å². The molecule has 15 heavy (non-hydrogen) atoms. The molecule has 1 atom stereocenters. The Bertz CT molecular complexity index is 222. The van der Waals surface area contributed by atoms with E-state index in [-0.39, 0.29) is 11.1 Å². The predicted molar refractivity (Wildman–Crippen MR) is 62.1 cm³/mol. The largest absolute Gasteiger partial charge is 0.374 e. The van der Waals surface area contributed by atoms with Gasteiger partial charge >= 0.3 is 0 Å². The van der Waals surface area contributed by atoms with Crippen LogP contribution in [-0.2, 0) is 4.74 Å². The van der Waals surface area contributed by atoms with Crippen molar-refractivity contribution in [3.8, 4) is 0 Å². The van der Waals surface area contributed by atoms with Gasteiger partial charge in [-0.3, -0.25) is 4.90 Å². The first-order valence-electron chi connectivity index (χ1n) is 6.11.